The van der Waals surface area contributed by atoms with E-state index in [2.05, 4.69) is 52.9 Å². The number of nitrogens with zero attached hydrogens (tertiary/aromatic N) is 2. The lowest BCUT2D eigenvalue weighted by Gasteiger charge is -2.14. The van der Waals surface area contributed by atoms with Gasteiger partial charge >= 0.3 is 0 Å². The highest BCUT2D eigenvalue weighted by atomic mass is 79.9. The highest BCUT2D eigenvalue weighted by molar-refractivity contribution is 9.11. The summed E-state index contributed by atoms with van der Waals surface area (Å²) in [6.45, 7) is 4.04. The minimum Gasteiger partial charge on any atom is -0.496 e. The summed E-state index contributed by atoms with van der Waals surface area (Å²) < 4.78 is 15.8. The van der Waals surface area contributed by atoms with Crippen LogP contribution >= 0.6 is 47.8 Å². The number of benzene rings is 2. The van der Waals surface area contributed by atoms with Crippen molar-refractivity contribution in [3.05, 3.63) is 77.9 Å². The highest BCUT2D eigenvalue weighted by Crippen LogP contribution is 2.37. The first-order chi connectivity index (χ1) is 14.7. The van der Waals surface area contributed by atoms with Crippen molar-refractivity contribution < 1.29 is 14.3 Å². The number of aromatic nitrogens is 2. The van der Waals surface area contributed by atoms with Crippen LogP contribution < -0.4 is 9.47 Å². The molecule has 1 heterocycles. The maximum Gasteiger partial charge on any atom is 0.189 e. The molecule has 3 rings (SSSR count). The molecule has 0 aliphatic carbocycles. The van der Waals surface area contributed by atoms with Crippen LogP contribution in [0.25, 0.3) is 6.08 Å². The maximum atomic E-state index is 12.7. The third-order valence-corrected chi connectivity index (χ3v) is 6.46. The summed E-state index contributed by atoms with van der Waals surface area (Å²) in [4.78, 5) is 12.7. The van der Waals surface area contributed by atoms with Crippen LogP contribution in [-0.4, -0.2) is 22.7 Å². The van der Waals surface area contributed by atoms with Crippen molar-refractivity contribution in [1.82, 2.24) is 9.78 Å². The van der Waals surface area contributed by atoms with Gasteiger partial charge in [0, 0.05) is 22.8 Å². The van der Waals surface area contributed by atoms with Gasteiger partial charge in [0.1, 0.15) is 18.1 Å². The number of hydrogen-bond acceptors (Lipinski definition) is 4. The van der Waals surface area contributed by atoms with Gasteiger partial charge in [-0.1, -0.05) is 28.1 Å². The predicted octanol–water partition coefficient (Wildman–Crippen LogP) is 6.81. The molecular formula is C23H21Br3N2O3. The number of hydrogen-bond donors (Lipinski definition) is 0. The van der Waals surface area contributed by atoms with E-state index in [0.717, 1.165) is 35.9 Å². The second kappa shape index (κ2) is 10.1. The molecule has 0 amide bonds. The standard InChI is InChI=1S/C23H21Br3N2O3/c1-13-22(14(2)28(3)27-13)20(29)7-5-15-6-8-21(30-4)16(9-15)12-31-23-18(25)10-17(24)11-19(23)26/h5-11H,12H2,1-4H3/b7-5+. The van der Waals surface area contributed by atoms with E-state index in [9.17, 15) is 4.79 Å². The molecule has 162 valence electrons. The molecule has 3 aromatic rings. The molecule has 0 unspecified atom stereocenters. The summed E-state index contributed by atoms with van der Waals surface area (Å²) in [5.41, 5.74) is 3.96. The normalized spacial score (nSPS) is 11.2. The molecule has 31 heavy (non-hydrogen) atoms. The summed E-state index contributed by atoms with van der Waals surface area (Å²) in [5, 5.41) is 4.31. The van der Waals surface area contributed by atoms with Gasteiger partial charge < -0.3 is 9.47 Å². The van der Waals surface area contributed by atoms with E-state index in [-0.39, 0.29) is 5.78 Å². The second-order valence-electron chi connectivity index (χ2n) is 6.93. The van der Waals surface area contributed by atoms with Crippen LogP contribution in [0.15, 0.2) is 49.8 Å². The zero-order chi connectivity index (χ0) is 22.7. The Morgan fingerprint density at radius 3 is 2.39 bits per heavy atom. The average Bonchev–Trinajstić information content (AvgIpc) is 2.97. The van der Waals surface area contributed by atoms with Gasteiger partial charge in [-0.3, -0.25) is 9.48 Å². The number of rotatable bonds is 7. The Hall–Kier alpha value is -1.90. The van der Waals surface area contributed by atoms with E-state index in [0.29, 0.717) is 23.7 Å². The number of ether oxygens (including phenoxy) is 2. The zero-order valence-corrected chi connectivity index (χ0v) is 22.3. The van der Waals surface area contributed by atoms with E-state index < -0.39 is 0 Å². The van der Waals surface area contributed by atoms with Crippen molar-refractivity contribution in [3.63, 3.8) is 0 Å². The number of aryl methyl sites for hydroxylation is 2. The molecule has 5 nitrogen and oxygen atoms in total. The summed E-state index contributed by atoms with van der Waals surface area (Å²) >= 11 is 10.5. The Labute approximate surface area is 206 Å². The van der Waals surface area contributed by atoms with E-state index in [1.165, 1.54) is 0 Å². The molecule has 2 aromatic carbocycles. The van der Waals surface area contributed by atoms with Crippen molar-refractivity contribution in [2.24, 2.45) is 7.05 Å². The fourth-order valence-corrected chi connectivity index (χ4v) is 5.70. The van der Waals surface area contributed by atoms with Crippen LogP contribution in [-0.2, 0) is 13.7 Å². The van der Waals surface area contributed by atoms with Crippen LogP contribution in [0.3, 0.4) is 0 Å². The fourth-order valence-electron chi connectivity index (χ4n) is 3.22. The third kappa shape index (κ3) is 5.48. The van der Waals surface area contributed by atoms with Gasteiger partial charge in [0.05, 0.1) is 27.3 Å². The van der Waals surface area contributed by atoms with E-state index in [4.69, 9.17) is 9.47 Å². The van der Waals surface area contributed by atoms with Crippen molar-refractivity contribution in [2.45, 2.75) is 20.5 Å². The maximum absolute atomic E-state index is 12.7. The topological polar surface area (TPSA) is 53.3 Å². The third-order valence-electron chi connectivity index (χ3n) is 4.82. The SMILES string of the molecule is COc1ccc(/C=C/C(=O)c2c(C)nn(C)c2C)cc1COc1c(Br)cc(Br)cc1Br. The monoisotopic (exact) mass is 610 g/mol. The van der Waals surface area contributed by atoms with Crippen molar-refractivity contribution in [3.8, 4) is 11.5 Å². The van der Waals surface area contributed by atoms with E-state index in [1.54, 1.807) is 23.9 Å². The summed E-state index contributed by atoms with van der Waals surface area (Å²) in [5.74, 6) is 1.34. The van der Waals surface area contributed by atoms with Crippen molar-refractivity contribution in [1.29, 1.82) is 0 Å². The van der Waals surface area contributed by atoms with Crippen molar-refractivity contribution in [2.75, 3.05) is 7.11 Å². The lowest BCUT2D eigenvalue weighted by molar-refractivity contribution is 0.104. The number of allylic oxidation sites excluding steroid dienone is 1. The first-order valence-electron chi connectivity index (χ1n) is 9.38. The molecule has 0 bridgehead atoms. The van der Waals surface area contributed by atoms with E-state index in [1.807, 2.05) is 51.2 Å². The lowest BCUT2D eigenvalue weighted by Crippen LogP contribution is -2.01. The largest absolute Gasteiger partial charge is 0.496 e. The lowest BCUT2D eigenvalue weighted by atomic mass is 10.1. The molecule has 0 N–H and O–H groups in total. The van der Waals surface area contributed by atoms with Crippen LogP contribution in [0, 0.1) is 13.8 Å². The molecule has 0 saturated carbocycles. The fraction of sp³-hybridized carbons (Fsp3) is 0.217. The number of carbonyl (C=O) groups excluding carboxylic acids is 1. The number of ketones is 1. The van der Waals surface area contributed by atoms with Crippen LogP contribution in [0.1, 0.15) is 32.9 Å². The first-order valence-corrected chi connectivity index (χ1v) is 11.8. The number of carbonyl (C=O) groups is 1. The Morgan fingerprint density at radius 2 is 1.81 bits per heavy atom. The minimum atomic E-state index is -0.0700. The Kier molecular flexibility index (Phi) is 7.78. The van der Waals surface area contributed by atoms with Gasteiger partial charge in [0.25, 0.3) is 0 Å². The van der Waals surface area contributed by atoms with Gasteiger partial charge in [-0.2, -0.15) is 5.10 Å². The molecule has 8 heteroatoms. The quantitative estimate of drug-likeness (QED) is 0.217. The Balaban J connectivity index is 1.82. The van der Waals surface area contributed by atoms with Gasteiger partial charge in [-0.05, 0) is 81.6 Å². The smallest absolute Gasteiger partial charge is 0.189 e. The first kappa shape index (κ1) is 23.8. The van der Waals surface area contributed by atoms with Crippen LogP contribution in [0.4, 0.5) is 0 Å². The second-order valence-corrected chi connectivity index (χ2v) is 9.55. The summed E-state index contributed by atoms with van der Waals surface area (Å²) in [6.07, 6.45) is 3.37. The minimum absolute atomic E-state index is 0.0700. The average molecular weight is 613 g/mol. The van der Waals surface area contributed by atoms with Gasteiger partial charge in [0.2, 0.25) is 0 Å². The molecule has 0 saturated heterocycles. The number of halogens is 3. The molecular weight excluding hydrogens is 592 g/mol. The Bertz CT molecular complexity index is 1150. The highest BCUT2D eigenvalue weighted by Gasteiger charge is 2.15. The van der Waals surface area contributed by atoms with Crippen LogP contribution in [0.2, 0.25) is 0 Å². The van der Waals surface area contributed by atoms with E-state index >= 15 is 0 Å². The summed E-state index contributed by atoms with van der Waals surface area (Å²) in [7, 11) is 3.46. The predicted molar refractivity (Wildman–Crippen MR) is 133 cm³/mol. The van der Waals surface area contributed by atoms with Gasteiger partial charge in [-0.15, -0.1) is 0 Å². The van der Waals surface area contributed by atoms with Crippen LogP contribution in [0.5, 0.6) is 11.5 Å². The molecule has 0 aliphatic rings. The number of methoxy groups -OCH3 is 1. The van der Waals surface area contributed by atoms with Gasteiger partial charge in [-0.25, -0.2) is 0 Å². The molecule has 0 fully saturated rings. The molecule has 0 atom stereocenters. The molecule has 1 aromatic heterocycles. The zero-order valence-electron chi connectivity index (χ0n) is 17.5. The Morgan fingerprint density at radius 1 is 1.13 bits per heavy atom. The molecule has 0 aliphatic heterocycles. The summed E-state index contributed by atoms with van der Waals surface area (Å²) in [6, 6.07) is 9.57. The van der Waals surface area contributed by atoms with Crippen molar-refractivity contribution >= 4 is 59.6 Å². The van der Waals surface area contributed by atoms with Gasteiger partial charge in [0.15, 0.2) is 5.78 Å². The molecule has 0 radical (unpaired) electrons. The molecule has 0 spiro atoms.